The third kappa shape index (κ3) is 5.70. The van der Waals surface area contributed by atoms with Crippen molar-refractivity contribution in [1.82, 2.24) is 30.4 Å². The number of hydrogen-bond acceptors (Lipinski definition) is 11. The number of nitrogens with zero attached hydrogens (tertiary/aromatic N) is 5. The molecule has 0 aliphatic carbocycles. The van der Waals surface area contributed by atoms with E-state index in [-0.39, 0.29) is 34.7 Å². The summed E-state index contributed by atoms with van der Waals surface area (Å²) in [4.78, 5) is 38.5. The number of hydrogen-bond donors (Lipinski definition) is 4. The van der Waals surface area contributed by atoms with Crippen molar-refractivity contribution >= 4 is 51.4 Å². The molecule has 36 heavy (non-hydrogen) atoms. The largest absolute Gasteiger partial charge is 0.477 e. The van der Waals surface area contributed by atoms with Gasteiger partial charge >= 0.3 is 5.97 Å². The summed E-state index contributed by atoms with van der Waals surface area (Å²) in [5.74, 6) is -2.72. The highest BCUT2D eigenvalue weighted by molar-refractivity contribution is 8.01. The molecule has 2 atom stereocenters. The molecule has 4 rings (SSSR count). The highest BCUT2D eigenvalue weighted by Gasteiger charge is 2.54. The highest BCUT2D eigenvalue weighted by Crippen LogP contribution is 2.41. The van der Waals surface area contributed by atoms with E-state index in [0.29, 0.717) is 12.1 Å². The van der Waals surface area contributed by atoms with Gasteiger partial charge in [-0.2, -0.15) is 8.42 Å². The summed E-state index contributed by atoms with van der Waals surface area (Å²) in [6.45, 7) is 0.388. The van der Waals surface area contributed by atoms with Crippen molar-refractivity contribution in [3.8, 4) is 0 Å². The molecule has 1 saturated heterocycles. The number of carboxylic acid groups (broad SMARTS) is 1. The van der Waals surface area contributed by atoms with Gasteiger partial charge in [0.15, 0.2) is 5.88 Å². The molecule has 0 saturated carbocycles. The van der Waals surface area contributed by atoms with Gasteiger partial charge in [0.05, 0.1) is 6.42 Å². The van der Waals surface area contributed by atoms with Gasteiger partial charge in [0, 0.05) is 18.1 Å². The van der Waals surface area contributed by atoms with Gasteiger partial charge in [0.1, 0.15) is 17.1 Å². The molecule has 5 N–H and O–H groups in total. The Morgan fingerprint density at radius 3 is 2.58 bits per heavy atom. The van der Waals surface area contributed by atoms with Crippen molar-refractivity contribution < 1.29 is 32.5 Å². The van der Waals surface area contributed by atoms with Gasteiger partial charge in [-0.3, -0.25) is 19.0 Å². The first-order valence-corrected chi connectivity index (χ1v) is 14.0. The number of fused-ring (bicyclic) bond motifs is 1. The summed E-state index contributed by atoms with van der Waals surface area (Å²) in [6.07, 6.45) is 0.0633. The first-order valence-electron chi connectivity index (χ1n) is 10.4. The van der Waals surface area contributed by atoms with Crippen LogP contribution in [0.25, 0.3) is 0 Å². The van der Waals surface area contributed by atoms with Crippen molar-refractivity contribution in [2.45, 2.75) is 35.4 Å². The lowest BCUT2D eigenvalue weighted by Gasteiger charge is -2.49. The number of aromatic nitrogens is 4. The Hall–Kier alpha value is -2.99. The van der Waals surface area contributed by atoms with Crippen molar-refractivity contribution in [1.29, 1.82) is 0 Å². The van der Waals surface area contributed by atoms with Crippen molar-refractivity contribution in [2.75, 3.05) is 11.5 Å². The number of carbonyl (C=O) groups is 3. The van der Waals surface area contributed by atoms with Crippen LogP contribution in [0.5, 0.6) is 0 Å². The van der Waals surface area contributed by atoms with E-state index in [1.807, 2.05) is 12.1 Å². The van der Waals surface area contributed by atoms with Gasteiger partial charge in [-0.15, -0.1) is 16.9 Å². The zero-order valence-electron chi connectivity index (χ0n) is 18.5. The van der Waals surface area contributed by atoms with Crippen LogP contribution in [0.2, 0.25) is 0 Å². The number of β-lactam (4-membered cyclic amide) rings is 1. The molecule has 14 nitrogen and oxygen atoms in total. The van der Waals surface area contributed by atoms with E-state index >= 15 is 0 Å². The van der Waals surface area contributed by atoms with Gasteiger partial charge in [0.25, 0.3) is 16.0 Å². The third-order valence-electron chi connectivity index (χ3n) is 5.35. The maximum atomic E-state index is 12.8. The second-order valence-electron chi connectivity index (χ2n) is 7.87. The van der Waals surface area contributed by atoms with Crippen molar-refractivity contribution in [3.63, 3.8) is 0 Å². The average Bonchev–Trinajstić information content (AvgIpc) is 3.26. The summed E-state index contributed by atoms with van der Waals surface area (Å²) in [6, 6.07) is 6.36. The fraction of sp³-hybridized carbons (Fsp3) is 0.368. The molecule has 2 aliphatic rings. The standard InChI is InChI=1S/C19H21N7O7S3/c20-6-11-3-1-10(2-4-11)5-13(27)21-14-16(28)26-15(18(29)30)12(7-34-17(14)26)8-35-19-22-23-24-25(19)9-36(31,32)33/h1-4,14,17H,5-9,20H2,(H,21,27)(H,29,30)(H,31,32,33)/t14?,17-/m1/s1. The van der Waals surface area contributed by atoms with E-state index < -0.39 is 39.3 Å². The number of amides is 2. The van der Waals surface area contributed by atoms with Crippen molar-refractivity contribution in [2.24, 2.45) is 5.73 Å². The van der Waals surface area contributed by atoms with E-state index in [0.717, 1.165) is 32.5 Å². The second kappa shape index (κ2) is 10.6. The molecule has 2 amide bonds. The minimum Gasteiger partial charge on any atom is -0.477 e. The molecule has 192 valence electrons. The predicted octanol–water partition coefficient (Wildman–Crippen LogP) is -0.949. The van der Waals surface area contributed by atoms with Crippen LogP contribution in [0, 0.1) is 0 Å². The van der Waals surface area contributed by atoms with E-state index in [2.05, 4.69) is 20.8 Å². The van der Waals surface area contributed by atoms with Crippen LogP contribution in [-0.2, 0) is 43.3 Å². The number of rotatable bonds is 10. The number of tetrazole rings is 1. The fourth-order valence-electron chi connectivity index (χ4n) is 3.68. The zero-order chi connectivity index (χ0) is 26.0. The van der Waals surface area contributed by atoms with Crippen molar-refractivity contribution in [3.05, 3.63) is 46.7 Å². The Balaban J connectivity index is 1.42. The molecule has 1 fully saturated rings. The molecule has 3 heterocycles. The molecule has 0 spiro atoms. The smallest absolute Gasteiger partial charge is 0.352 e. The van der Waals surface area contributed by atoms with Crippen LogP contribution >= 0.6 is 23.5 Å². The summed E-state index contributed by atoms with van der Waals surface area (Å²) in [5.41, 5.74) is 7.48. The van der Waals surface area contributed by atoms with Gasteiger partial charge in [-0.05, 0) is 27.1 Å². The van der Waals surface area contributed by atoms with Gasteiger partial charge < -0.3 is 16.2 Å². The van der Waals surface area contributed by atoms with E-state index in [1.165, 1.54) is 11.8 Å². The Morgan fingerprint density at radius 2 is 1.94 bits per heavy atom. The van der Waals surface area contributed by atoms with Gasteiger partial charge in [-0.1, -0.05) is 36.0 Å². The minimum atomic E-state index is -4.39. The van der Waals surface area contributed by atoms with Gasteiger partial charge in [-0.25, -0.2) is 9.48 Å². The van der Waals surface area contributed by atoms with Crippen LogP contribution < -0.4 is 11.1 Å². The van der Waals surface area contributed by atoms with Crippen LogP contribution in [0.4, 0.5) is 0 Å². The number of carboxylic acids is 1. The molecule has 1 aromatic carbocycles. The topological polar surface area (TPSA) is 211 Å². The SMILES string of the molecule is NCc1ccc(CC(=O)NC2C(=O)N3C(C(=O)O)=C(CSc4nnnn4CS(=O)(=O)O)CS[C@H]23)cc1. The Kier molecular flexibility index (Phi) is 7.65. The highest BCUT2D eigenvalue weighted by atomic mass is 32.2. The number of nitrogens with one attached hydrogen (secondary N) is 1. The van der Waals surface area contributed by atoms with Crippen LogP contribution in [0.3, 0.4) is 0 Å². The van der Waals surface area contributed by atoms with Gasteiger partial charge in [0.2, 0.25) is 11.1 Å². The lowest BCUT2D eigenvalue weighted by Crippen LogP contribution is -2.70. The fourth-order valence-corrected chi connectivity index (χ4v) is 6.61. The Bertz CT molecular complexity index is 1330. The first-order chi connectivity index (χ1) is 17.1. The maximum Gasteiger partial charge on any atom is 0.352 e. The summed E-state index contributed by atoms with van der Waals surface area (Å²) >= 11 is 2.27. The molecule has 2 aliphatic heterocycles. The third-order valence-corrected chi connectivity index (χ3v) is 8.30. The van der Waals surface area contributed by atoms with E-state index in [9.17, 15) is 27.9 Å². The number of aliphatic carboxylic acids is 1. The number of carbonyl (C=O) groups excluding carboxylic acids is 2. The Morgan fingerprint density at radius 1 is 1.25 bits per heavy atom. The molecule has 17 heteroatoms. The molecular weight excluding hydrogens is 534 g/mol. The quantitative estimate of drug-likeness (QED) is 0.158. The van der Waals surface area contributed by atoms with E-state index in [1.54, 1.807) is 12.1 Å². The Labute approximate surface area is 213 Å². The maximum absolute atomic E-state index is 12.8. The predicted molar refractivity (Wildman–Crippen MR) is 128 cm³/mol. The molecule has 1 unspecified atom stereocenters. The van der Waals surface area contributed by atoms with Crippen LogP contribution in [0.1, 0.15) is 11.1 Å². The van der Waals surface area contributed by atoms with E-state index in [4.69, 9.17) is 10.3 Å². The summed E-state index contributed by atoms with van der Waals surface area (Å²) in [7, 11) is -4.39. The molecule has 0 radical (unpaired) electrons. The summed E-state index contributed by atoms with van der Waals surface area (Å²) < 4.78 is 32.1. The molecular formula is C19H21N7O7S3. The molecule has 0 bridgehead atoms. The molecule has 1 aromatic heterocycles. The number of nitrogens with two attached hydrogens (primary N) is 1. The monoisotopic (exact) mass is 555 g/mol. The van der Waals surface area contributed by atoms with Crippen LogP contribution in [0.15, 0.2) is 40.7 Å². The lowest BCUT2D eigenvalue weighted by molar-refractivity contribution is -0.150. The summed E-state index contributed by atoms with van der Waals surface area (Å²) in [5, 5.41) is 22.5. The second-order valence-corrected chi connectivity index (χ2v) is 11.3. The zero-order valence-corrected chi connectivity index (χ0v) is 20.9. The molecule has 2 aromatic rings. The lowest BCUT2D eigenvalue weighted by atomic mass is 10.0. The number of thioether (sulfide) groups is 2. The number of benzene rings is 1. The van der Waals surface area contributed by atoms with Crippen LogP contribution in [-0.4, -0.2) is 83.9 Å². The normalized spacial score (nSPS) is 19.6. The minimum absolute atomic E-state index is 0.0524. The first kappa shape index (κ1) is 26.1. The average molecular weight is 556 g/mol.